The van der Waals surface area contributed by atoms with E-state index < -0.39 is 17.7 Å². The van der Waals surface area contributed by atoms with E-state index >= 15 is 0 Å². The topological polar surface area (TPSA) is 90.0 Å². The number of aliphatic carboxylic acids is 1. The number of rotatable bonds is 3. The molecule has 0 bridgehead atoms. The molecule has 0 N–H and O–H groups in total. The molecule has 27 heavy (non-hydrogen) atoms. The Bertz CT molecular complexity index is 780. The van der Waals surface area contributed by atoms with Gasteiger partial charge >= 0.3 is 0 Å². The molecule has 7 nitrogen and oxygen atoms in total. The molecule has 2 aliphatic heterocycles. The third-order valence-corrected chi connectivity index (χ3v) is 5.80. The average molecular weight is 371 g/mol. The van der Waals surface area contributed by atoms with E-state index in [0.717, 1.165) is 18.4 Å². The van der Waals surface area contributed by atoms with Gasteiger partial charge in [0.1, 0.15) is 5.72 Å². The first-order chi connectivity index (χ1) is 12.9. The number of carbonyl (C=O) groups excluding carboxylic acids is 3. The second-order valence-corrected chi connectivity index (χ2v) is 7.74. The number of benzene rings is 1. The maximum absolute atomic E-state index is 13.2. The Morgan fingerprint density at radius 3 is 2.48 bits per heavy atom. The molecule has 3 fully saturated rings. The van der Waals surface area contributed by atoms with Crippen LogP contribution in [0.3, 0.4) is 0 Å². The fourth-order valence-electron chi connectivity index (χ4n) is 4.13. The second kappa shape index (κ2) is 6.64. The first-order valence-corrected chi connectivity index (χ1v) is 9.45. The smallest absolute Gasteiger partial charge is 0.256 e. The second-order valence-electron chi connectivity index (χ2n) is 7.74. The molecule has 0 radical (unpaired) electrons. The van der Waals surface area contributed by atoms with Crippen LogP contribution in [-0.4, -0.2) is 59.0 Å². The van der Waals surface area contributed by atoms with Gasteiger partial charge in [-0.25, -0.2) is 0 Å². The van der Waals surface area contributed by atoms with E-state index in [1.807, 2.05) is 17.9 Å². The summed E-state index contributed by atoms with van der Waals surface area (Å²) in [5.41, 5.74) is 0.360. The minimum Gasteiger partial charge on any atom is -0.548 e. The molecule has 1 atom stereocenters. The number of hydrogen-bond acceptors (Lipinski definition) is 5. The number of piperidine rings is 1. The van der Waals surface area contributed by atoms with Crippen molar-refractivity contribution < 1.29 is 24.2 Å². The van der Waals surface area contributed by atoms with Crippen LogP contribution in [-0.2, 0) is 14.3 Å². The highest BCUT2D eigenvalue weighted by atomic mass is 16.5. The standard InChI is InChI=1S/C20H24N2O5/c1-13-3-2-4-15(11-13)18(24)22-16(19(25)26)12-27-20(22)7-9-21(10-8-20)17(23)14-5-6-14/h2-4,11,14,16H,5-10,12H2,1H3,(H,25,26)/p-1/t16-/m0/s1. The van der Waals surface area contributed by atoms with Gasteiger partial charge in [-0.2, -0.15) is 0 Å². The van der Waals surface area contributed by atoms with Gasteiger partial charge in [0.25, 0.3) is 5.91 Å². The number of nitrogens with zero attached hydrogens (tertiary/aromatic N) is 2. The highest BCUT2D eigenvalue weighted by Crippen LogP contribution is 2.40. The molecular weight excluding hydrogens is 348 g/mol. The van der Waals surface area contributed by atoms with Crippen LogP contribution in [0, 0.1) is 12.8 Å². The summed E-state index contributed by atoms with van der Waals surface area (Å²) in [7, 11) is 0. The molecule has 7 heteroatoms. The van der Waals surface area contributed by atoms with Crippen LogP contribution >= 0.6 is 0 Å². The highest BCUT2D eigenvalue weighted by Gasteiger charge is 2.53. The normalized spacial score (nSPS) is 24.3. The summed E-state index contributed by atoms with van der Waals surface area (Å²) in [5, 5.41) is 11.7. The Kier molecular flexibility index (Phi) is 4.42. The summed E-state index contributed by atoms with van der Waals surface area (Å²) in [4.78, 5) is 40.3. The van der Waals surface area contributed by atoms with Crippen LogP contribution in [0.1, 0.15) is 41.6 Å². The molecule has 2 saturated heterocycles. The van der Waals surface area contributed by atoms with E-state index in [0.29, 0.717) is 31.5 Å². The third-order valence-electron chi connectivity index (χ3n) is 5.80. The van der Waals surface area contributed by atoms with Crippen molar-refractivity contribution in [3.05, 3.63) is 35.4 Å². The molecule has 3 aliphatic rings. The summed E-state index contributed by atoms with van der Waals surface area (Å²) in [5.74, 6) is -1.38. The van der Waals surface area contributed by atoms with Crippen molar-refractivity contribution >= 4 is 17.8 Å². The van der Waals surface area contributed by atoms with Gasteiger partial charge in [0, 0.05) is 37.4 Å². The number of carbonyl (C=O) groups is 3. The van der Waals surface area contributed by atoms with Gasteiger partial charge in [0.2, 0.25) is 5.91 Å². The lowest BCUT2D eigenvalue weighted by atomic mass is 9.96. The minimum atomic E-state index is -1.32. The number of hydrogen-bond donors (Lipinski definition) is 0. The number of amides is 2. The van der Waals surface area contributed by atoms with Crippen LogP contribution < -0.4 is 5.11 Å². The minimum absolute atomic E-state index is 0.0868. The lowest BCUT2D eigenvalue weighted by Gasteiger charge is -2.45. The molecule has 144 valence electrons. The first kappa shape index (κ1) is 18.0. The Balaban J connectivity index is 1.58. The van der Waals surface area contributed by atoms with Crippen molar-refractivity contribution in [2.45, 2.75) is 44.4 Å². The predicted molar refractivity (Wildman–Crippen MR) is 93.4 cm³/mol. The van der Waals surface area contributed by atoms with Crippen molar-refractivity contribution in [3.63, 3.8) is 0 Å². The van der Waals surface area contributed by atoms with Crippen LogP contribution in [0.25, 0.3) is 0 Å². The van der Waals surface area contributed by atoms with E-state index in [1.54, 1.807) is 18.2 Å². The summed E-state index contributed by atoms with van der Waals surface area (Å²) in [6, 6.07) is 5.96. The van der Waals surface area contributed by atoms with Gasteiger partial charge < -0.3 is 19.5 Å². The van der Waals surface area contributed by atoms with Crippen molar-refractivity contribution in [2.24, 2.45) is 5.92 Å². The Morgan fingerprint density at radius 2 is 1.89 bits per heavy atom. The van der Waals surface area contributed by atoms with Crippen molar-refractivity contribution in [2.75, 3.05) is 19.7 Å². The summed E-state index contributed by atoms with van der Waals surface area (Å²) >= 11 is 0. The van der Waals surface area contributed by atoms with Gasteiger partial charge in [-0.15, -0.1) is 0 Å². The molecule has 1 aliphatic carbocycles. The van der Waals surface area contributed by atoms with Gasteiger partial charge in [-0.3, -0.25) is 14.5 Å². The summed E-state index contributed by atoms with van der Waals surface area (Å²) in [6.45, 7) is 2.72. The Labute approximate surface area is 157 Å². The van der Waals surface area contributed by atoms with Crippen molar-refractivity contribution in [1.82, 2.24) is 9.80 Å². The maximum atomic E-state index is 13.2. The number of carboxylic acids is 1. The van der Waals surface area contributed by atoms with Crippen LogP contribution in [0.15, 0.2) is 24.3 Å². The fourth-order valence-corrected chi connectivity index (χ4v) is 4.13. The van der Waals surface area contributed by atoms with Crippen molar-refractivity contribution in [3.8, 4) is 0 Å². The zero-order valence-electron chi connectivity index (χ0n) is 15.3. The predicted octanol–water partition coefficient (Wildman–Crippen LogP) is 0.315. The molecular formula is C20H23N2O5-. The molecule has 1 saturated carbocycles. The lowest BCUT2D eigenvalue weighted by molar-refractivity contribution is -0.310. The van der Waals surface area contributed by atoms with Crippen LogP contribution in [0.2, 0.25) is 0 Å². The fraction of sp³-hybridized carbons (Fsp3) is 0.550. The number of carboxylic acid groups (broad SMARTS) is 1. The molecule has 1 aromatic rings. The van der Waals surface area contributed by atoms with Gasteiger partial charge in [-0.05, 0) is 31.9 Å². The average Bonchev–Trinajstić information content (AvgIpc) is 3.44. The molecule has 1 spiro atoms. The van der Waals surface area contributed by atoms with Crippen LogP contribution in [0.4, 0.5) is 0 Å². The quantitative estimate of drug-likeness (QED) is 0.763. The number of ether oxygens (including phenoxy) is 1. The maximum Gasteiger partial charge on any atom is 0.256 e. The third kappa shape index (κ3) is 3.20. The van der Waals surface area contributed by atoms with E-state index in [-0.39, 0.29) is 24.3 Å². The number of aryl methyl sites for hydroxylation is 1. The zero-order valence-corrected chi connectivity index (χ0v) is 15.3. The number of likely N-dealkylation sites (tertiary alicyclic amines) is 1. The van der Waals surface area contributed by atoms with E-state index in [1.165, 1.54) is 4.90 Å². The SMILES string of the molecule is Cc1cccc(C(=O)N2[C@H](C(=O)[O-])COC23CCN(C(=O)C2CC2)CC3)c1. The Morgan fingerprint density at radius 1 is 1.19 bits per heavy atom. The zero-order chi connectivity index (χ0) is 19.2. The van der Waals surface area contributed by atoms with E-state index in [2.05, 4.69) is 0 Å². The molecule has 2 amide bonds. The Hall–Kier alpha value is -2.41. The van der Waals surface area contributed by atoms with Crippen LogP contribution in [0.5, 0.6) is 0 Å². The van der Waals surface area contributed by atoms with Gasteiger partial charge in [0.05, 0.1) is 18.6 Å². The van der Waals surface area contributed by atoms with E-state index in [4.69, 9.17) is 4.74 Å². The van der Waals surface area contributed by atoms with Gasteiger partial charge in [0.15, 0.2) is 0 Å². The molecule has 0 aromatic heterocycles. The highest BCUT2D eigenvalue weighted by molar-refractivity contribution is 5.97. The van der Waals surface area contributed by atoms with E-state index in [9.17, 15) is 19.5 Å². The molecule has 2 heterocycles. The molecule has 4 rings (SSSR count). The van der Waals surface area contributed by atoms with Crippen molar-refractivity contribution in [1.29, 1.82) is 0 Å². The molecule has 0 unspecified atom stereocenters. The largest absolute Gasteiger partial charge is 0.548 e. The summed E-state index contributed by atoms with van der Waals surface area (Å²) < 4.78 is 5.89. The van der Waals surface area contributed by atoms with Gasteiger partial charge in [-0.1, -0.05) is 17.7 Å². The first-order valence-electron chi connectivity index (χ1n) is 9.45. The summed E-state index contributed by atoms with van der Waals surface area (Å²) in [6.07, 6.45) is 2.71. The molecule has 1 aromatic carbocycles. The monoisotopic (exact) mass is 371 g/mol. The lowest BCUT2D eigenvalue weighted by Crippen LogP contribution is -2.60.